The number of nitrogens with one attached hydrogen (secondary N) is 3. The highest BCUT2D eigenvalue weighted by atomic mass is 16.5. The van der Waals surface area contributed by atoms with Crippen molar-refractivity contribution in [3.63, 3.8) is 0 Å². The van der Waals surface area contributed by atoms with Crippen LogP contribution in [0.25, 0.3) is 0 Å². The van der Waals surface area contributed by atoms with Crippen LogP contribution in [-0.2, 0) is 20.8 Å². The summed E-state index contributed by atoms with van der Waals surface area (Å²) >= 11 is 0. The highest BCUT2D eigenvalue weighted by Gasteiger charge is 2.26. The van der Waals surface area contributed by atoms with Gasteiger partial charge in [-0.2, -0.15) is 0 Å². The predicted octanol–water partition coefficient (Wildman–Crippen LogP) is 1.87. The number of methoxy groups -OCH3 is 1. The summed E-state index contributed by atoms with van der Waals surface area (Å²) in [4.78, 5) is 36.2. The molecule has 3 amide bonds. The molecular formula is C20H19N3O4. The van der Waals surface area contributed by atoms with Gasteiger partial charge in [-0.05, 0) is 23.8 Å². The van der Waals surface area contributed by atoms with E-state index in [-0.39, 0.29) is 5.91 Å². The number of fused-ring (bicyclic) bond motifs is 1. The van der Waals surface area contributed by atoms with E-state index in [1.807, 2.05) is 24.3 Å². The molecule has 0 aromatic heterocycles. The van der Waals surface area contributed by atoms with Crippen LogP contribution in [-0.4, -0.2) is 30.9 Å². The Bertz CT molecular complexity index is 908. The molecule has 7 nitrogen and oxygen atoms in total. The molecule has 2 aromatic carbocycles. The van der Waals surface area contributed by atoms with Crippen molar-refractivity contribution in [2.75, 3.05) is 17.7 Å². The summed E-state index contributed by atoms with van der Waals surface area (Å²) in [6.45, 7) is 0. The van der Waals surface area contributed by atoms with E-state index in [9.17, 15) is 14.4 Å². The van der Waals surface area contributed by atoms with E-state index >= 15 is 0 Å². The van der Waals surface area contributed by atoms with E-state index in [2.05, 4.69) is 16.0 Å². The van der Waals surface area contributed by atoms with Crippen molar-refractivity contribution in [3.8, 4) is 5.75 Å². The summed E-state index contributed by atoms with van der Waals surface area (Å²) in [5.74, 6) is -0.770. The van der Waals surface area contributed by atoms with Gasteiger partial charge in [0.15, 0.2) is 0 Å². The van der Waals surface area contributed by atoms with Gasteiger partial charge in [0.1, 0.15) is 11.8 Å². The molecule has 1 unspecified atom stereocenters. The number of carbonyl (C=O) groups is 3. The first-order chi connectivity index (χ1) is 13.1. The van der Waals surface area contributed by atoms with Crippen molar-refractivity contribution in [2.45, 2.75) is 12.5 Å². The third-order valence-corrected chi connectivity index (χ3v) is 4.08. The standard InChI is InChI=1S/C20H19N3O4/c1-27-17-9-5-4-8-15(17)21-18(24)10-11-19(25)22-16-12-13-6-2-3-7-14(13)23-20(16)26/h2-11,16H,12H2,1H3,(H,21,24)(H,22,25)(H,23,26). The fraction of sp³-hybridized carbons (Fsp3) is 0.150. The maximum atomic E-state index is 12.1. The molecule has 1 heterocycles. The van der Waals surface area contributed by atoms with Crippen LogP contribution in [0.15, 0.2) is 60.7 Å². The van der Waals surface area contributed by atoms with Crippen LogP contribution in [0.3, 0.4) is 0 Å². The number of carbonyl (C=O) groups excluding carboxylic acids is 3. The first-order valence-electron chi connectivity index (χ1n) is 8.38. The molecule has 27 heavy (non-hydrogen) atoms. The Balaban J connectivity index is 1.57. The molecule has 3 N–H and O–H groups in total. The minimum absolute atomic E-state index is 0.283. The smallest absolute Gasteiger partial charge is 0.248 e. The largest absolute Gasteiger partial charge is 0.495 e. The fourth-order valence-electron chi connectivity index (χ4n) is 2.76. The van der Waals surface area contributed by atoms with E-state index in [0.29, 0.717) is 17.9 Å². The van der Waals surface area contributed by atoms with Gasteiger partial charge in [0.2, 0.25) is 17.7 Å². The lowest BCUT2D eigenvalue weighted by Gasteiger charge is -2.24. The SMILES string of the molecule is COc1ccccc1NC(=O)C=CC(=O)NC1Cc2ccccc2NC1=O. The number of hydrogen-bond acceptors (Lipinski definition) is 4. The third-order valence-electron chi connectivity index (χ3n) is 4.08. The molecule has 0 aliphatic carbocycles. The second-order valence-corrected chi connectivity index (χ2v) is 5.93. The molecule has 0 spiro atoms. The van der Waals surface area contributed by atoms with E-state index in [1.165, 1.54) is 7.11 Å². The number of hydrogen-bond donors (Lipinski definition) is 3. The summed E-state index contributed by atoms with van der Waals surface area (Å²) in [5, 5.41) is 8.00. The second kappa shape index (κ2) is 8.18. The van der Waals surface area contributed by atoms with Crippen LogP contribution >= 0.6 is 0 Å². The van der Waals surface area contributed by atoms with Crippen LogP contribution in [0.4, 0.5) is 11.4 Å². The highest BCUT2D eigenvalue weighted by Crippen LogP contribution is 2.23. The molecule has 0 fully saturated rings. The Morgan fingerprint density at radius 1 is 1.07 bits per heavy atom. The topological polar surface area (TPSA) is 96.5 Å². The lowest BCUT2D eigenvalue weighted by Crippen LogP contribution is -2.47. The molecule has 0 bridgehead atoms. The number of anilines is 2. The van der Waals surface area contributed by atoms with Crippen molar-refractivity contribution in [2.24, 2.45) is 0 Å². The highest BCUT2D eigenvalue weighted by molar-refractivity contribution is 6.05. The summed E-state index contributed by atoms with van der Waals surface area (Å²) in [7, 11) is 1.50. The number of rotatable bonds is 5. The van der Waals surface area contributed by atoms with Crippen LogP contribution in [0.1, 0.15) is 5.56 Å². The Morgan fingerprint density at radius 2 is 1.78 bits per heavy atom. The molecule has 0 saturated carbocycles. The number of benzene rings is 2. The molecule has 2 aromatic rings. The van der Waals surface area contributed by atoms with Gasteiger partial charge in [0.05, 0.1) is 12.8 Å². The summed E-state index contributed by atoms with van der Waals surface area (Å²) in [6.07, 6.45) is 2.60. The van der Waals surface area contributed by atoms with Crippen molar-refractivity contribution >= 4 is 29.1 Å². The van der Waals surface area contributed by atoms with Gasteiger partial charge < -0.3 is 20.7 Å². The van der Waals surface area contributed by atoms with Crippen molar-refractivity contribution in [3.05, 3.63) is 66.2 Å². The van der Waals surface area contributed by atoms with Crippen molar-refractivity contribution in [1.29, 1.82) is 0 Å². The molecule has 0 radical (unpaired) electrons. The average Bonchev–Trinajstić information content (AvgIpc) is 2.67. The molecule has 1 aliphatic heterocycles. The zero-order chi connectivity index (χ0) is 19.2. The zero-order valence-electron chi connectivity index (χ0n) is 14.7. The van der Waals surface area contributed by atoms with E-state index in [0.717, 1.165) is 23.4 Å². The zero-order valence-corrected chi connectivity index (χ0v) is 14.7. The number of amides is 3. The van der Waals surface area contributed by atoms with Crippen molar-refractivity contribution in [1.82, 2.24) is 5.32 Å². The maximum Gasteiger partial charge on any atom is 0.248 e. The van der Waals surface area contributed by atoms with E-state index in [4.69, 9.17) is 4.74 Å². The van der Waals surface area contributed by atoms with Gasteiger partial charge >= 0.3 is 0 Å². The summed E-state index contributed by atoms with van der Waals surface area (Å²) in [5.41, 5.74) is 2.19. The Hall–Kier alpha value is -3.61. The van der Waals surface area contributed by atoms with Crippen LogP contribution in [0.2, 0.25) is 0 Å². The number of para-hydroxylation sites is 3. The van der Waals surface area contributed by atoms with E-state index < -0.39 is 17.9 Å². The monoisotopic (exact) mass is 365 g/mol. The van der Waals surface area contributed by atoms with Gasteiger partial charge in [-0.3, -0.25) is 14.4 Å². The molecule has 0 saturated heterocycles. The van der Waals surface area contributed by atoms with Gasteiger partial charge in [-0.25, -0.2) is 0 Å². The van der Waals surface area contributed by atoms with Gasteiger partial charge in [0, 0.05) is 24.3 Å². The lowest BCUT2D eigenvalue weighted by molar-refractivity contribution is -0.124. The lowest BCUT2D eigenvalue weighted by atomic mass is 9.99. The Labute approximate surface area is 156 Å². The van der Waals surface area contributed by atoms with Gasteiger partial charge in [-0.15, -0.1) is 0 Å². The first kappa shape index (κ1) is 18.2. The quantitative estimate of drug-likeness (QED) is 0.705. The minimum Gasteiger partial charge on any atom is -0.495 e. The summed E-state index contributed by atoms with van der Waals surface area (Å²) in [6, 6.07) is 13.7. The molecule has 138 valence electrons. The number of ether oxygens (including phenoxy) is 1. The van der Waals surface area contributed by atoms with Gasteiger partial charge in [-0.1, -0.05) is 30.3 Å². The summed E-state index contributed by atoms with van der Waals surface area (Å²) < 4.78 is 5.15. The average molecular weight is 365 g/mol. The molecule has 1 aliphatic rings. The van der Waals surface area contributed by atoms with Crippen LogP contribution < -0.4 is 20.7 Å². The molecule has 1 atom stereocenters. The Morgan fingerprint density at radius 3 is 2.59 bits per heavy atom. The second-order valence-electron chi connectivity index (χ2n) is 5.93. The fourth-order valence-corrected chi connectivity index (χ4v) is 2.76. The van der Waals surface area contributed by atoms with Crippen molar-refractivity contribution < 1.29 is 19.1 Å². The van der Waals surface area contributed by atoms with Crippen LogP contribution in [0.5, 0.6) is 5.75 Å². The predicted molar refractivity (Wildman–Crippen MR) is 101 cm³/mol. The third kappa shape index (κ3) is 4.52. The normalized spacial score (nSPS) is 15.6. The molecular weight excluding hydrogens is 346 g/mol. The minimum atomic E-state index is -0.686. The Kier molecular flexibility index (Phi) is 5.51. The van der Waals surface area contributed by atoms with E-state index in [1.54, 1.807) is 24.3 Å². The van der Waals surface area contributed by atoms with Gasteiger partial charge in [0.25, 0.3) is 0 Å². The molecule has 3 rings (SSSR count). The maximum absolute atomic E-state index is 12.1. The molecule has 7 heteroatoms. The first-order valence-corrected chi connectivity index (χ1v) is 8.38. The van der Waals surface area contributed by atoms with Crippen LogP contribution in [0, 0.1) is 0 Å².